The molecule has 0 amide bonds. The molecule has 0 N–H and O–H groups in total. The zero-order valence-electron chi connectivity index (χ0n) is 10.4. The van der Waals surface area contributed by atoms with Gasteiger partial charge in [0.05, 0.1) is 35.2 Å². The normalized spacial score (nSPS) is 20.1. The van der Waals surface area contributed by atoms with Crippen molar-refractivity contribution >= 4 is 15.9 Å². The van der Waals surface area contributed by atoms with Crippen LogP contribution in [0.1, 0.15) is 31.2 Å². The van der Waals surface area contributed by atoms with Crippen molar-refractivity contribution in [2.45, 2.75) is 45.9 Å². The SMILES string of the molecule is CCn1nc(C)c(Br)c1COCC1CCCO1. The fourth-order valence-electron chi connectivity index (χ4n) is 2.07. The molecule has 1 aromatic rings. The molecule has 96 valence electrons. The Balaban J connectivity index is 1.89. The fourth-order valence-corrected chi connectivity index (χ4v) is 2.47. The van der Waals surface area contributed by atoms with E-state index in [0.29, 0.717) is 13.2 Å². The Hall–Kier alpha value is -0.390. The minimum absolute atomic E-state index is 0.285. The van der Waals surface area contributed by atoms with Crippen LogP contribution in [0.15, 0.2) is 4.47 Å². The van der Waals surface area contributed by atoms with Crippen molar-refractivity contribution in [1.82, 2.24) is 9.78 Å². The van der Waals surface area contributed by atoms with E-state index in [1.807, 2.05) is 11.6 Å². The van der Waals surface area contributed by atoms with E-state index in [9.17, 15) is 0 Å². The maximum absolute atomic E-state index is 5.72. The van der Waals surface area contributed by atoms with E-state index in [-0.39, 0.29) is 6.10 Å². The number of aromatic nitrogens is 2. The number of hydrogen-bond donors (Lipinski definition) is 0. The molecular formula is C12H19BrN2O2. The van der Waals surface area contributed by atoms with Crippen LogP contribution in [0.5, 0.6) is 0 Å². The Morgan fingerprint density at radius 1 is 1.59 bits per heavy atom. The smallest absolute Gasteiger partial charge is 0.0897 e. The van der Waals surface area contributed by atoms with Gasteiger partial charge >= 0.3 is 0 Å². The highest BCUT2D eigenvalue weighted by molar-refractivity contribution is 9.10. The molecule has 1 aliphatic heterocycles. The third kappa shape index (κ3) is 3.09. The second-order valence-corrected chi connectivity index (χ2v) is 5.11. The van der Waals surface area contributed by atoms with Gasteiger partial charge in [-0.15, -0.1) is 0 Å². The first-order chi connectivity index (χ1) is 8.22. The summed E-state index contributed by atoms with van der Waals surface area (Å²) in [6, 6.07) is 0. The molecule has 17 heavy (non-hydrogen) atoms. The fraction of sp³-hybridized carbons (Fsp3) is 0.750. The molecular weight excluding hydrogens is 284 g/mol. The maximum Gasteiger partial charge on any atom is 0.0897 e. The Kier molecular flexibility index (Phi) is 4.59. The molecule has 1 saturated heterocycles. The maximum atomic E-state index is 5.72. The van der Waals surface area contributed by atoms with Crippen molar-refractivity contribution in [3.63, 3.8) is 0 Å². The lowest BCUT2D eigenvalue weighted by Crippen LogP contribution is -2.15. The third-order valence-corrected chi connectivity index (χ3v) is 4.05. The molecule has 2 heterocycles. The number of nitrogens with zero attached hydrogens (tertiary/aromatic N) is 2. The van der Waals surface area contributed by atoms with E-state index in [2.05, 4.69) is 28.0 Å². The molecule has 0 spiro atoms. The summed E-state index contributed by atoms with van der Waals surface area (Å²) in [5.41, 5.74) is 2.13. The first-order valence-corrected chi connectivity index (χ1v) is 6.92. The first kappa shape index (κ1) is 13.1. The summed E-state index contributed by atoms with van der Waals surface area (Å²) in [7, 11) is 0. The van der Waals surface area contributed by atoms with E-state index in [4.69, 9.17) is 9.47 Å². The van der Waals surface area contributed by atoms with Gasteiger partial charge < -0.3 is 9.47 Å². The lowest BCUT2D eigenvalue weighted by molar-refractivity contribution is 0.00850. The quantitative estimate of drug-likeness (QED) is 0.839. The van der Waals surface area contributed by atoms with Crippen LogP contribution >= 0.6 is 15.9 Å². The monoisotopic (exact) mass is 302 g/mol. The van der Waals surface area contributed by atoms with Crippen LogP contribution < -0.4 is 0 Å². The highest BCUT2D eigenvalue weighted by Gasteiger charge is 2.17. The molecule has 1 atom stereocenters. The van der Waals surface area contributed by atoms with Crippen molar-refractivity contribution in [3.8, 4) is 0 Å². The molecule has 1 unspecified atom stereocenters. The molecule has 1 aromatic heterocycles. The van der Waals surface area contributed by atoms with Gasteiger partial charge in [0.25, 0.3) is 0 Å². The second-order valence-electron chi connectivity index (χ2n) is 4.31. The zero-order chi connectivity index (χ0) is 12.3. The number of halogens is 1. The van der Waals surface area contributed by atoms with Gasteiger partial charge in [0.2, 0.25) is 0 Å². The van der Waals surface area contributed by atoms with Gasteiger partial charge in [-0.2, -0.15) is 5.10 Å². The topological polar surface area (TPSA) is 36.3 Å². The molecule has 0 aliphatic carbocycles. The van der Waals surface area contributed by atoms with Gasteiger partial charge in [-0.05, 0) is 42.6 Å². The van der Waals surface area contributed by atoms with E-state index in [1.54, 1.807) is 0 Å². The number of ether oxygens (including phenoxy) is 2. The highest BCUT2D eigenvalue weighted by atomic mass is 79.9. The van der Waals surface area contributed by atoms with E-state index in [0.717, 1.165) is 41.9 Å². The summed E-state index contributed by atoms with van der Waals surface area (Å²) in [5.74, 6) is 0. The standard InChI is InChI=1S/C12H19BrN2O2/c1-3-15-11(12(13)9(2)14-15)8-16-7-10-5-4-6-17-10/h10H,3-8H2,1-2H3. The van der Waals surface area contributed by atoms with Crippen molar-refractivity contribution in [3.05, 3.63) is 15.9 Å². The van der Waals surface area contributed by atoms with Crippen LogP contribution in [0.25, 0.3) is 0 Å². The van der Waals surface area contributed by atoms with Gasteiger partial charge in [0.1, 0.15) is 0 Å². The third-order valence-electron chi connectivity index (χ3n) is 3.02. The molecule has 1 aliphatic rings. The number of aryl methyl sites for hydroxylation is 2. The Morgan fingerprint density at radius 2 is 2.41 bits per heavy atom. The summed E-state index contributed by atoms with van der Waals surface area (Å²) >= 11 is 3.56. The zero-order valence-corrected chi connectivity index (χ0v) is 12.0. The molecule has 0 aromatic carbocycles. The second kappa shape index (κ2) is 5.98. The van der Waals surface area contributed by atoms with E-state index in [1.165, 1.54) is 0 Å². The van der Waals surface area contributed by atoms with Crippen LogP contribution in [0, 0.1) is 6.92 Å². The molecule has 4 nitrogen and oxygen atoms in total. The number of hydrogen-bond acceptors (Lipinski definition) is 3. The summed E-state index contributed by atoms with van der Waals surface area (Å²) in [6.07, 6.45) is 2.56. The lowest BCUT2D eigenvalue weighted by Gasteiger charge is -2.11. The van der Waals surface area contributed by atoms with Gasteiger partial charge in [0, 0.05) is 13.2 Å². The first-order valence-electron chi connectivity index (χ1n) is 6.13. The van der Waals surface area contributed by atoms with Gasteiger partial charge in [-0.1, -0.05) is 0 Å². The minimum Gasteiger partial charge on any atom is -0.376 e. The largest absolute Gasteiger partial charge is 0.376 e. The predicted molar refractivity (Wildman–Crippen MR) is 69.0 cm³/mol. The molecule has 0 saturated carbocycles. The molecule has 1 fully saturated rings. The summed E-state index contributed by atoms with van der Waals surface area (Å²) in [6.45, 7) is 7.10. The summed E-state index contributed by atoms with van der Waals surface area (Å²) in [4.78, 5) is 0. The van der Waals surface area contributed by atoms with E-state index >= 15 is 0 Å². The predicted octanol–water partition coefficient (Wildman–Crippen LogP) is 2.67. The highest BCUT2D eigenvalue weighted by Crippen LogP contribution is 2.22. The van der Waals surface area contributed by atoms with Crippen LogP contribution in [0.4, 0.5) is 0 Å². The van der Waals surface area contributed by atoms with Gasteiger partial charge in [-0.25, -0.2) is 0 Å². The molecule has 0 radical (unpaired) electrons. The van der Waals surface area contributed by atoms with Crippen LogP contribution in [-0.4, -0.2) is 29.1 Å². The summed E-state index contributed by atoms with van der Waals surface area (Å²) < 4.78 is 14.3. The Bertz CT molecular complexity index is 373. The number of rotatable bonds is 5. The van der Waals surface area contributed by atoms with Crippen LogP contribution in [-0.2, 0) is 22.6 Å². The van der Waals surface area contributed by atoms with Crippen LogP contribution in [0.2, 0.25) is 0 Å². The average molecular weight is 303 g/mol. The van der Waals surface area contributed by atoms with Crippen molar-refractivity contribution < 1.29 is 9.47 Å². The Labute approximate surface area is 110 Å². The van der Waals surface area contributed by atoms with Gasteiger partial charge in [0.15, 0.2) is 0 Å². The lowest BCUT2D eigenvalue weighted by atomic mass is 10.2. The van der Waals surface area contributed by atoms with Crippen molar-refractivity contribution in [2.24, 2.45) is 0 Å². The average Bonchev–Trinajstić information content (AvgIpc) is 2.92. The van der Waals surface area contributed by atoms with Gasteiger partial charge in [-0.3, -0.25) is 4.68 Å². The van der Waals surface area contributed by atoms with Crippen molar-refractivity contribution in [1.29, 1.82) is 0 Å². The molecule has 5 heteroatoms. The molecule has 2 rings (SSSR count). The van der Waals surface area contributed by atoms with E-state index < -0.39 is 0 Å². The Morgan fingerprint density at radius 3 is 3.06 bits per heavy atom. The van der Waals surface area contributed by atoms with Crippen LogP contribution in [0.3, 0.4) is 0 Å². The van der Waals surface area contributed by atoms with Crippen molar-refractivity contribution in [2.75, 3.05) is 13.2 Å². The summed E-state index contributed by atoms with van der Waals surface area (Å²) in [5, 5.41) is 4.44. The molecule has 0 bridgehead atoms. The minimum atomic E-state index is 0.285.